The van der Waals surface area contributed by atoms with E-state index in [1.807, 2.05) is 56.3 Å². The maximum absolute atomic E-state index is 14.6. The van der Waals surface area contributed by atoms with Crippen LogP contribution in [0.15, 0.2) is 84.1 Å². The molecule has 1 unspecified atom stereocenters. The molecule has 0 spiro atoms. The number of nitrogens with zero attached hydrogens (tertiary/aromatic N) is 5. The van der Waals surface area contributed by atoms with Crippen molar-refractivity contribution in [2.75, 3.05) is 40.2 Å². The minimum absolute atomic E-state index is 0.0166. The van der Waals surface area contributed by atoms with Gasteiger partial charge in [0.2, 0.25) is 5.95 Å². The van der Waals surface area contributed by atoms with Gasteiger partial charge in [-0.25, -0.2) is 4.98 Å². The van der Waals surface area contributed by atoms with Crippen molar-refractivity contribution in [2.24, 2.45) is 0 Å². The number of anilines is 2. The molecule has 0 radical (unpaired) electrons. The third kappa shape index (κ3) is 7.46. The molecule has 0 aliphatic carbocycles. The van der Waals surface area contributed by atoms with Crippen LogP contribution in [0.2, 0.25) is 10.0 Å². The lowest BCUT2D eigenvalue weighted by Gasteiger charge is -2.21. The number of likely N-dealkylation sites (N-methyl/N-ethyl adjacent to an activating group) is 1. The monoisotopic (exact) mass is 672 g/mol. The zero-order chi connectivity index (χ0) is 33.7. The molecule has 1 atom stereocenters. The number of aromatic nitrogens is 4. The lowest BCUT2D eigenvalue weighted by Crippen LogP contribution is -2.27. The fraction of sp³-hybridized carbons (Fsp3) is 0.229. The summed E-state index contributed by atoms with van der Waals surface area (Å²) in [4.78, 5) is 42.6. The van der Waals surface area contributed by atoms with Gasteiger partial charge in [0.25, 0.3) is 5.56 Å². The number of carbonyl (C=O) groups is 1. The highest BCUT2D eigenvalue weighted by Crippen LogP contribution is 2.45. The first-order valence-electron chi connectivity index (χ1n) is 14.7. The Labute approximate surface area is 282 Å². The fourth-order valence-electron chi connectivity index (χ4n) is 5.17. The number of ketones is 1. The molecule has 1 N–H and O–H groups in total. The molecule has 0 fully saturated rings. The number of hydrogen-bond donors (Lipinski definition) is 1. The average molecular weight is 674 g/mol. The molecule has 0 saturated heterocycles. The van der Waals surface area contributed by atoms with Gasteiger partial charge in [0, 0.05) is 54.3 Å². The first-order valence-corrected chi connectivity index (χ1v) is 15.5. The number of methoxy groups -OCH3 is 2. The molecule has 5 aromatic rings. The van der Waals surface area contributed by atoms with Gasteiger partial charge in [-0.1, -0.05) is 53.5 Å². The second-order valence-corrected chi connectivity index (χ2v) is 11.8. The number of benzene rings is 2. The van der Waals surface area contributed by atoms with E-state index in [4.69, 9.17) is 37.7 Å². The largest absolute Gasteiger partial charge is 0.495 e. The molecule has 0 aliphatic heterocycles. The predicted molar refractivity (Wildman–Crippen MR) is 187 cm³/mol. The number of fused-ring (bicyclic) bond motifs is 1. The molecule has 10 nitrogen and oxygen atoms in total. The van der Waals surface area contributed by atoms with Crippen LogP contribution >= 0.6 is 23.2 Å². The summed E-state index contributed by atoms with van der Waals surface area (Å²) in [5, 5.41) is 4.06. The first kappa shape index (κ1) is 33.6. The van der Waals surface area contributed by atoms with E-state index in [2.05, 4.69) is 15.3 Å². The molecular formula is C35H34Cl2N6O4. The SMILES string of the molecule is COc1cc(OC)c(Cl)c(-c2cc3cnc(Nc4ccncc4)nc3n(C(C)c3cccc(CC(=O)/C=C/CN(C)C)c3)c2=O)c1Cl. The summed E-state index contributed by atoms with van der Waals surface area (Å²) < 4.78 is 12.5. The molecule has 2 aromatic carbocycles. The van der Waals surface area contributed by atoms with Crippen molar-refractivity contribution in [2.45, 2.75) is 19.4 Å². The summed E-state index contributed by atoms with van der Waals surface area (Å²) >= 11 is 13.6. The van der Waals surface area contributed by atoms with E-state index >= 15 is 0 Å². The third-order valence-corrected chi connectivity index (χ3v) is 8.28. The zero-order valence-corrected chi connectivity index (χ0v) is 28.1. The van der Waals surface area contributed by atoms with Gasteiger partial charge < -0.3 is 19.7 Å². The van der Waals surface area contributed by atoms with Crippen LogP contribution in [0.4, 0.5) is 11.6 Å². The minimum atomic E-state index is -0.530. The summed E-state index contributed by atoms with van der Waals surface area (Å²) in [6.45, 7) is 2.57. The number of ether oxygens (including phenoxy) is 2. The molecule has 3 heterocycles. The molecule has 0 saturated carbocycles. The normalized spacial score (nSPS) is 12.1. The first-order chi connectivity index (χ1) is 22.6. The van der Waals surface area contributed by atoms with E-state index in [-0.39, 0.29) is 33.4 Å². The van der Waals surface area contributed by atoms with Crippen LogP contribution < -0.4 is 20.3 Å². The molecular weight excluding hydrogens is 639 g/mol. The molecule has 5 rings (SSSR count). The van der Waals surface area contributed by atoms with Crippen LogP contribution in [0.1, 0.15) is 24.1 Å². The number of hydrogen-bond acceptors (Lipinski definition) is 9. The van der Waals surface area contributed by atoms with Crippen LogP contribution in [0.25, 0.3) is 22.2 Å². The van der Waals surface area contributed by atoms with Gasteiger partial charge in [-0.3, -0.25) is 19.1 Å². The predicted octanol–water partition coefficient (Wildman–Crippen LogP) is 6.76. The zero-order valence-electron chi connectivity index (χ0n) is 26.6. The highest BCUT2D eigenvalue weighted by Gasteiger charge is 2.25. The van der Waals surface area contributed by atoms with Crippen LogP contribution in [-0.2, 0) is 11.2 Å². The Morgan fingerprint density at radius 2 is 1.74 bits per heavy atom. The molecule has 242 valence electrons. The summed E-state index contributed by atoms with van der Waals surface area (Å²) in [6, 6.07) is 13.9. The number of rotatable bonds is 12. The van der Waals surface area contributed by atoms with Crippen molar-refractivity contribution in [3.05, 3.63) is 111 Å². The molecule has 0 aliphatic rings. The number of allylic oxidation sites excluding steroid dienone is 1. The Balaban J connectivity index is 1.68. The van der Waals surface area contributed by atoms with Gasteiger partial charge in [-0.15, -0.1) is 0 Å². The number of carbonyl (C=O) groups excluding carboxylic acids is 1. The summed E-state index contributed by atoms with van der Waals surface area (Å²) in [5.74, 6) is 0.871. The maximum Gasteiger partial charge on any atom is 0.260 e. The fourth-order valence-corrected chi connectivity index (χ4v) is 5.88. The van der Waals surface area contributed by atoms with E-state index < -0.39 is 11.6 Å². The van der Waals surface area contributed by atoms with Crippen LogP contribution in [0.3, 0.4) is 0 Å². The van der Waals surface area contributed by atoms with Gasteiger partial charge in [-0.05, 0) is 56.4 Å². The summed E-state index contributed by atoms with van der Waals surface area (Å²) in [5.41, 5.74) is 2.82. The number of halogens is 2. The second-order valence-electron chi connectivity index (χ2n) is 11.1. The molecule has 0 bridgehead atoms. The van der Waals surface area contributed by atoms with Crippen LogP contribution in [0, 0.1) is 0 Å². The number of pyridine rings is 2. The van der Waals surface area contributed by atoms with E-state index in [0.29, 0.717) is 35.0 Å². The van der Waals surface area contributed by atoms with Gasteiger partial charge in [0.15, 0.2) is 5.78 Å². The number of nitrogens with one attached hydrogen (secondary N) is 1. The van der Waals surface area contributed by atoms with E-state index in [0.717, 1.165) is 16.8 Å². The van der Waals surface area contributed by atoms with Crippen molar-refractivity contribution in [1.29, 1.82) is 0 Å². The minimum Gasteiger partial charge on any atom is -0.495 e. The van der Waals surface area contributed by atoms with Crippen LogP contribution in [0.5, 0.6) is 11.5 Å². The van der Waals surface area contributed by atoms with Crippen molar-refractivity contribution >= 4 is 51.7 Å². The Hall–Kier alpha value is -4.77. The molecule has 47 heavy (non-hydrogen) atoms. The molecule has 0 amide bonds. The summed E-state index contributed by atoms with van der Waals surface area (Å²) in [6.07, 6.45) is 8.59. The van der Waals surface area contributed by atoms with E-state index in [1.54, 1.807) is 53.5 Å². The Kier molecular flexibility index (Phi) is 10.6. The second kappa shape index (κ2) is 14.8. The Morgan fingerprint density at radius 3 is 2.40 bits per heavy atom. The van der Waals surface area contributed by atoms with Crippen LogP contribution in [-0.4, -0.2) is 65.1 Å². The smallest absolute Gasteiger partial charge is 0.260 e. The summed E-state index contributed by atoms with van der Waals surface area (Å²) in [7, 11) is 6.83. The Morgan fingerprint density at radius 1 is 1.04 bits per heavy atom. The van der Waals surface area contributed by atoms with Crippen molar-refractivity contribution in [3.8, 4) is 22.6 Å². The highest BCUT2D eigenvalue weighted by atomic mass is 35.5. The van der Waals surface area contributed by atoms with Gasteiger partial charge in [0.05, 0.1) is 35.9 Å². The van der Waals surface area contributed by atoms with Gasteiger partial charge in [-0.2, -0.15) is 4.98 Å². The maximum atomic E-state index is 14.6. The Bertz CT molecular complexity index is 1990. The van der Waals surface area contributed by atoms with Crippen molar-refractivity contribution < 1.29 is 14.3 Å². The van der Waals surface area contributed by atoms with Gasteiger partial charge >= 0.3 is 0 Å². The highest BCUT2D eigenvalue weighted by molar-refractivity contribution is 6.41. The standard InChI is InChI=1S/C35H34Cl2N6O4/c1-21(23-9-6-8-22(16-23)17-26(44)10-7-15-42(2)3)43-33-24(20-39-35(41-33)40-25-11-13-38-14-12-25)18-27(34(43)45)30-31(36)28(46-4)19-29(47-5)32(30)37/h6-14,16,18-21H,15,17H2,1-5H3,(H,38,39,40,41)/b10-7+. The van der Waals surface area contributed by atoms with Gasteiger partial charge in [0.1, 0.15) is 17.1 Å². The topological polar surface area (TPSA) is 111 Å². The lowest BCUT2D eigenvalue weighted by atomic mass is 10.00. The van der Waals surface area contributed by atoms with Crippen molar-refractivity contribution in [1.82, 2.24) is 24.4 Å². The van der Waals surface area contributed by atoms with Crippen molar-refractivity contribution in [3.63, 3.8) is 0 Å². The van der Waals surface area contributed by atoms with E-state index in [1.165, 1.54) is 14.2 Å². The molecule has 12 heteroatoms. The average Bonchev–Trinajstić information content (AvgIpc) is 3.05. The quantitative estimate of drug-likeness (QED) is 0.144. The molecule has 3 aromatic heterocycles. The lowest BCUT2D eigenvalue weighted by molar-refractivity contribution is -0.114. The third-order valence-electron chi connectivity index (χ3n) is 7.53. The van der Waals surface area contributed by atoms with E-state index in [9.17, 15) is 9.59 Å².